The Morgan fingerprint density at radius 1 is 1.05 bits per heavy atom. The van der Waals surface area contributed by atoms with Gasteiger partial charge < -0.3 is 20.1 Å². The number of hydrogen-bond donors (Lipinski definition) is 2. The Bertz CT molecular complexity index is 1130. The number of carbonyl (C=O) groups excluding carboxylic acids is 2. The maximum atomic E-state index is 13.1. The van der Waals surface area contributed by atoms with Crippen LogP contribution in [0.5, 0.6) is 0 Å². The number of esters is 1. The third-order valence-corrected chi connectivity index (χ3v) is 7.36. The van der Waals surface area contributed by atoms with Crippen LogP contribution in [0.25, 0.3) is 0 Å². The van der Waals surface area contributed by atoms with Gasteiger partial charge in [0.2, 0.25) is 10.0 Å². The molecule has 1 saturated heterocycles. The van der Waals surface area contributed by atoms with E-state index in [0.29, 0.717) is 51.6 Å². The molecule has 37 heavy (non-hydrogen) atoms. The fourth-order valence-corrected chi connectivity index (χ4v) is 5.06. The number of carbonyl (C=O) groups is 2. The molecule has 2 aromatic rings. The first-order chi connectivity index (χ1) is 17.5. The van der Waals surface area contributed by atoms with Crippen LogP contribution in [0.15, 0.2) is 53.7 Å². The topological polar surface area (TPSA) is 130 Å². The molecule has 1 fully saturated rings. The summed E-state index contributed by atoms with van der Waals surface area (Å²) >= 11 is 0. The maximum Gasteiger partial charge on any atom is 0.332 e. The quantitative estimate of drug-likeness (QED) is 0.351. The van der Waals surface area contributed by atoms with Gasteiger partial charge in [-0.1, -0.05) is 6.07 Å². The van der Waals surface area contributed by atoms with Crippen molar-refractivity contribution in [2.45, 2.75) is 37.8 Å². The molecule has 0 saturated carbocycles. The van der Waals surface area contributed by atoms with Crippen molar-refractivity contribution < 1.29 is 27.5 Å². The normalized spacial score (nSPS) is 15.2. The molecule has 1 aromatic heterocycles. The number of ether oxygens (including phenoxy) is 2. The number of nitrogens with zero attached hydrogens (tertiary/aromatic N) is 3. The number of rotatable bonds is 10. The van der Waals surface area contributed by atoms with Crippen LogP contribution in [0.2, 0.25) is 0 Å². The van der Waals surface area contributed by atoms with Crippen LogP contribution in [-0.2, 0) is 30.8 Å². The van der Waals surface area contributed by atoms with E-state index in [4.69, 9.17) is 9.47 Å². The lowest BCUT2D eigenvalue weighted by molar-refractivity contribution is -0.160. The van der Waals surface area contributed by atoms with E-state index >= 15 is 0 Å². The second kappa shape index (κ2) is 13.0. The monoisotopic (exact) mass is 533 g/mol. The number of amides is 2. The van der Waals surface area contributed by atoms with Gasteiger partial charge in [-0.05, 0) is 56.7 Å². The van der Waals surface area contributed by atoms with E-state index in [1.54, 1.807) is 51.4 Å². The Balaban J connectivity index is 1.40. The highest BCUT2D eigenvalue weighted by Gasteiger charge is 2.28. The van der Waals surface area contributed by atoms with Crippen LogP contribution in [0, 0.1) is 0 Å². The summed E-state index contributed by atoms with van der Waals surface area (Å²) in [7, 11) is -3.65. The van der Waals surface area contributed by atoms with Gasteiger partial charge in [-0.2, -0.15) is 4.31 Å². The van der Waals surface area contributed by atoms with Gasteiger partial charge in [0, 0.05) is 57.3 Å². The van der Waals surface area contributed by atoms with Crippen LogP contribution in [0.3, 0.4) is 0 Å². The summed E-state index contributed by atoms with van der Waals surface area (Å²) in [4.78, 5) is 30.1. The molecule has 0 atom stereocenters. The summed E-state index contributed by atoms with van der Waals surface area (Å²) in [6, 6.07) is 9.35. The number of anilines is 1. The molecule has 3 rings (SSSR count). The Labute approximate surface area is 218 Å². The summed E-state index contributed by atoms with van der Waals surface area (Å²) in [6.45, 7) is 8.40. The lowest BCUT2D eigenvalue weighted by Gasteiger charge is -2.33. The van der Waals surface area contributed by atoms with Gasteiger partial charge in [0.05, 0.1) is 11.5 Å². The van der Waals surface area contributed by atoms with Crippen molar-refractivity contribution in [2.24, 2.45) is 0 Å². The molecule has 0 unspecified atom stereocenters. The lowest BCUT2D eigenvalue weighted by Crippen LogP contribution is -2.49. The number of sulfonamides is 1. The molecule has 0 radical (unpaired) electrons. The van der Waals surface area contributed by atoms with Gasteiger partial charge in [0.1, 0.15) is 12.2 Å². The Kier molecular flexibility index (Phi) is 9.98. The molecule has 2 N–H and O–H groups in total. The van der Waals surface area contributed by atoms with E-state index in [1.165, 1.54) is 16.4 Å². The van der Waals surface area contributed by atoms with E-state index < -0.39 is 27.6 Å². The number of nitrogens with one attached hydrogen (secondary N) is 2. The number of urea groups is 1. The van der Waals surface area contributed by atoms with E-state index in [-0.39, 0.29) is 11.5 Å². The van der Waals surface area contributed by atoms with Crippen molar-refractivity contribution in [1.82, 2.24) is 19.5 Å². The van der Waals surface area contributed by atoms with Crippen LogP contribution in [0.4, 0.5) is 10.5 Å². The zero-order valence-corrected chi connectivity index (χ0v) is 22.3. The largest absolute Gasteiger partial charge is 0.458 e. The molecule has 0 spiro atoms. The standard InChI is InChI=1S/C25H35N5O6S/c1-25(2,3)36-23(31)19-35-16-15-29-11-13-30(14-12-29)37(33,34)22-8-6-21(7-9-22)28-24(32)27-18-20-5-4-10-26-17-20/h4-10,17H,11-16,18-19H2,1-3H3,(H2,27,28,32). The summed E-state index contributed by atoms with van der Waals surface area (Å²) in [6.07, 6.45) is 3.32. The Hall–Kier alpha value is -3.06. The molecule has 11 nitrogen and oxygen atoms in total. The predicted octanol–water partition coefficient (Wildman–Crippen LogP) is 2.07. The van der Waals surface area contributed by atoms with E-state index in [0.717, 1.165) is 5.56 Å². The van der Waals surface area contributed by atoms with Gasteiger partial charge in [-0.15, -0.1) is 0 Å². The number of piperazine rings is 1. The molecule has 12 heteroatoms. The summed E-state index contributed by atoms with van der Waals surface area (Å²) in [5, 5.41) is 5.42. The van der Waals surface area contributed by atoms with Gasteiger partial charge in [0.15, 0.2) is 0 Å². The third-order valence-electron chi connectivity index (χ3n) is 5.45. The second-order valence-corrected chi connectivity index (χ2v) is 11.5. The zero-order chi connectivity index (χ0) is 26.9. The fourth-order valence-electron chi connectivity index (χ4n) is 3.63. The van der Waals surface area contributed by atoms with E-state index in [1.807, 2.05) is 6.07 Å². The van der Waals surface area contributed by atoms with Gasteiger partial charge in [-0.3, -0.25) is 9.88 Å². The highest BCUT2D eigenvalue weighted by atomic mass is 32.2. The van der Waals surface area contributed by atoms with Crippen LogP contribution < -0.4 is 10.6 Å². The van der Waals surface area contributed by atoms with Crippen LogP contribution in [-0.4, -0.2) is 86.1 Å². The summed E-state index contributed by atoms with van der Waals surface area (Å²) in [5.41, 5.74) is 0.806. The molecular weight excluding hydrogens is 498 g/mol. The molecule has 2 amide bonds. The number of aromatic nitrogens is 1. The van der Waals surface area contributed by atoms with Crippen LogP contribution in [0.1, 0.15) is 26.3 Å². The van der Waals surface area contributed by atoms with Gasteiger partial charge >= 0.3 is 12.0 Å². The maximum absolute atomic E-state index is 13.1. The Morgan fingerprint density at radius 3 is 2.38 bits per heavy atom. The Morgan fingerprint density at radius 2 is 1.76 bits per heavy atom. The fraction of sp³-hybridized carbons (Fsp3) is 0.480. The minimum atomic E-state index is -3.65. The smallest absolute Gasteiger partial charge is 0.332 e. The van der Waals surface area contributed by atoms with Crippen molar-refractivity contribution >= 4 is 27.7 Å². The third kappa shape index (κ3) is 9.39. The van der Waals surface area contributed by atoms with Crippen molar-refractivity contribution in [1.29, 1.82) is 0 Å². The number of hydrogen-bond acceptors (Lipinski definition) is 8. The molecule has 1 aliphatic rings. The van der Waals surface area contributed by atoms with Crippen molar-refractivity contribution in [2.75, 3.05) is 51.3 Å². The second-order valence-electron chi connectivity index (χ2n) is 9.58. The summed E-state index contributed by atoms with van der Waals surface area (Å²) < 4.78 is 38.2. The first-order valence-corrected chi connectivity index (χ1v) is 13.5. The van der Waals surface area contributed by atoms with Crippen molar-refractivity contribution in [3.8, 4) is 0 Å². The molecule has 2 heterocycles. The van der Waals surface area contributed by atoms with Gasteiger partial charge in [0.25, 0.3) is 0 Å². The van der Waals surface area contributed by atoms with E-state index in [2.05, 4.69) is 20.5 Å². The zero-order valence-electron chi connectivity index (χ0n) is 21.5. The molecule has 1 aromatic carbocycles. The average molecular weight is 534 g/mol. The minimum absolute atomic E-state index is 0.108. The predicted molar refractivity (Wildman–Crippen MR) is 138 cm³/mol. The summed E-state index contributed by atoms with van der Waals surface area (Å²) in [5.74, 6) is -0.407. The first-order valence-electron chi connectivity index (χ1n) is 12.1. The molecule has 202 valence electrons. The average Bonchev–Trinajstić information content (AvgIpc) is 2.86. The SMILES string of the molecule is CC(C)(C)OC(=O)COCCN1CCN(S(=O)(=O)c2ccc(NC(=O)NCc3cccnc3)cc2)CC1. The minimum Gasteiger partial charge on any atom is -0.458 e. The first kappa shape index (κ1) is 28.5. The van der Waals surface area contributed by atoms with Gasteiger partial charge in [-0.25, -0.2) is 18.0 Å². The van der Waals surface area contributed by atoms with Crippen molar-refractivity contribution in [3.05, 3.63) is 54.4 Å². The molecule has 1 aliphatic heterocycles. The number of pyridine rings is 1. The van der Waals surface area contributed by atoms with E-state index in [9.17, 15) is 18.0 Å². The highest BCUT2D eigenvalue weighted by Crippen LogP contribution is 2.20. The number of benzene rings is 1. The van der Waals surface area contributed by atoms with Crippen molar-refractivity contribution in [3.63, 3.8) is 0 Å². The molecular formula is C25H35N5O6S. The lowest BCUT2D eigenvalue weighted by atomic mass is 10.2. The molecule has 0 aliphatic carbocycles. The highest BCUT2D eigenvalue weighted by molar-refractivity contribution is 7.89. The molecule has 0 bridgehead atoms. The van der Waals surface area contributed by atoms with Crippen LogP contribution >= 0.6 is 0 Å².